The average Bonchev–Trinajstić information content (AvgIpc) is 2.83. The molecule has 1 fully saturated rings. The molecule has 3 nitrogen and oxygen atoms in total. The molecule has 0 radical (unpaired) electrons. The summed E-state index contributed by atoms with van der Waals surface area (Å²) in [6, 6.07) is 8.56. The Morgan fingerprint density at radius 2 is 2.00 bits per heavy atom. The van der Waals surface area contributed by atoms with E-state index in [0.717, 1.165) is 5.57 Å². The summed E-state index contributed by atoms with van der Waals surface area (Å²) in [5.41, 5.74) is 1.12. The van der Waals surface area contributed by atoms with Crippen molar-refractivity contribution in [2.75, 3.05) is 13.1 Å². The molecule has 1 aromatic carbocycles. The first-order valence-electron chi connectivity index (χ1n) is 5.92. The van der Waals surface area contributed by atoms with Crippen LogP contribution in [0.25, 0.3) is 0 Å². The number of allylic oxidation sites excluding steroid dienone is 1. The number of nitrogens with zero attached hydrogens (tertiary/aromatic N) is 1. The zero-order valence-electron chi connectivity index (χ0n) is 10.4. The monoisotopic (exact) mass is 263 g/mol. The van der Waals surface area contributed by atoms with E-state index in [9.17, 15) is 8.42 Å². The van der Waals surface area contributed by atoms with E-state index in [0.29, 0.717) is 18.0 Å². The summed E-state index contributed by atoms with van der Waals surface area (Å²) in [5.74, 6) is 0.133. The van der Waals surface area contributed by atoms with E-state index >= 15 is 0 Å². The van der Waals surface area contributed by atoms with E-state index in [-0.39, 0.29) is 5.92 Å². The van der Waals surface area contributed by atoms with Crippen molar-refractivity contribution < 1.29 is 8.42 Å². The summed E-state index contributed by atoms with van der Waals surface area (Å²) >= 11 is 0. The Morgan fingerprint density at radius 3 is 2.50 bits per heavy atom. The van der Waals surface area contributed by atoms with Crippen LogP contribution in [0.2, 0.25) is 0 Å². The van der Waals surface area contributed by atoms with Crippen LogP contribution >= 0.6 is 0 Å². The van der Waals surface area contributed by atoms with Crippen LogP contribution in [0.5, 0.6) is 0 Å². The van der Waals surface area contributed by atoms with Crippen molar-refractivity contribution in [1.82, 2.24) is 4.31 Å². The van der Waals surface area contributed by atoms with Crippen molar-refractivity contribution in [1.29, 1.82) is 0 Å². The van der Waals surface area contributed by atoms with Gasteiger partial charge in [-0.3, -0.25) is 0 Å². The number of hydrogen-bond donors (Lipinski definition) is 0. The second kappa shape index (κ2) is 5.08. The lowest BCUT2D eigenvalue weighted by atomic mass is 10.0. The molecule has 4 heteroatoms. The minimum atomic E-state index is -3.38. The van der Waals surface area contributed by atoms with E-state index in [2.05, 4.69) is 6.58 Å². The zero-order chi connectivity index (χ0) is 13.2. The predicted octanol–water partition coefficient (Wildman–Crippen LogP) is 2.44. The Labute approximate surface area is 108 Å². The Hall–Kier alpha value is -1.39. The molecule has 0 amide bonds. The van der Waals surface area contributed by atoms with Crippen molar-refractivity contribution in [2.24, 2.45) is 5.92 Å². The molecule has 2 rings (SSSR count). The molecule has 0 aromatic heterocycles. The molecule has 0 aliphatic carbocycles. The fourth-order valence-corrected chi connectivity index (χ4v) is 3.65. The number of benzene rings is 1. The van der Waals surface area contributed by atoms with Crippen LogP contribution in [0, 0.1) is 5.92 Å². The molecule has 0 spiro atoms. The highest BCUT2D eigenvalue weighted by atomic mass is 32.2. The van der Waals surface area contributed by atoms with Crippen molar-refractivity contribution >= 4 is 10.0 Å². The molecular formula is C14H17NO2S. The van der Waals surface area contributed by atoms with Gasteiger partial charge in [0.15, 0.2) is 0 Å². The van der Waals surface area contributed by atoms with E-state index in [1.807, 2.05) is 25.1 Å². The molecule has 0 N–H and O–H groups in total. The SMILES string of the molecule is C=C[C@H]1CN(S(=O)(=O)c2ccccc2)C/C1=C\C. The summed E-state index contributed by atoms with van der Waals surface area (Å²) in [4.78, 5) is 0.352. The van der Waals surface area contributed by atoms with Crippen molar-refractivity contribution in [3.8, 4) is 0 Å². The molecule has 96 valence electrons. The molecule has 0 saturated carbocycles. The third kappa shape index (κ3) is 2.26. The molecule has 0 unspecified atom stereocenters. The minimum Gasteiger partial charge on any atom is -0.207 e. The van der Waals surface area contributed by atoms with Crippen LogP contribution in [0.1, 0.15) is 6.92 Å². The molecule has 0 bridgehead atoms. The summed E-state index contributed by atoms with van der Waals surface area (Å²) in [6.07, 6.45) is 3.79. The fraction of sp³-hybridized carbons (Fsp3) is 0.286. The van der Waals surface area contributed by atoms with Gasteiger partial charge < -0.3 is 0 Å². The Balaban J connectivity index is 2.32. The van der Waals surface area contributed by atoms with Crippen molar-refractivity contribution in [3.63, 3.8) is 0 Å². The quantitative estimate of drug-likeness (QED) is 0.785. The van der Waals surface area contributed by atoms with Gasteiger partial charge in [-0.05, 0) is 19.1 Å². The maximum absolute atomic E-state index is 12.4. The van der Waals surface area contributed by atoms with Gasteiger partial charge in [0.25, 0.3) is 0 Å². The second-order valence-electron chi connectivity index (χ2n) is 4.32. The van der Waals surface area contributed by atoms with Gasteiger partial charge in [-0.25, -0.2) is 8.42 Å². The van der Waals surface area contributed by atoms with Crippen LogP contribution in [0.3, 0.4) is 0 Å². The van der Waals surface area contributed by atoms with Crippen LogP contribution in [0.15, 0.2) is 59.5 Å². The second-order valence-corrected chi connectivity index (χ2v) is 6.25. The number of sulfonamides is 1. The maximum atomic E-state index is 12.4. The van der Waals surface area contributed by atoms with Crippen LogP contribution in [-0.4, -0.2) is 25.8 Å². The van der Waals surface area contributed by atoms with E-state index in [1.165, 1.54) is 4.31 Å². The van der Waals surface area contributed by atoms with Crippen LogP contribution < -0.4 is 0 Å². The lowest BCUT2D eigenvalue weighted by Gasteiger charge is -2.15. The van der Waals surface area contributed by atoms with E-state index < -0.39 is 10.0 Å². The first-order chi connectivity index (χ1) is 8.59. The molecule has 1 atom stereocenters. The zero-order valence-corrected chi connectivity index (χ0v) is 11.2. The highest BCUT2D eigenvalue weighted by molar-refractivity contribution is 7.89. The van der Waals surface area contributed by atoms with Crippen LogP contribution in [-0.2, 0) is 10.0 Å². The summed E-state index contributed by atoms with van der Waals surface area (Å²) in [5, 5.41) is 0. The molecule has 1 aromatic rings. The van der Waals surface area contributed by atoms with Crippen LogP contribution in [0.4, 0.5) is 0 Å². The van der Waals surface area contributed by atoms with Gasteiger partial charge in [0.2, 0.25) is 10.0 Å². The highest BCUT2D eigenvalue weighted by Gasteiger charge is 2.33. The molecule has 1 saturated heterocycles. The topological polar surface area (TPSA) is 37.4 Å². The van der Waals surface area contributed by atoms with E-state index in [1.54, 1.807) is 24.3 Å². The van der Waals surface area contributed by atoms with Gasteiger partial charge in [0.05, 0.1) is 4.90 Å². The van der Waals surface area contributed by atoms with Gasteiger partial charge in [-0.15, -0.1) is 6.58 Å². The minimum absolute atomic E-state index is 0.133. The molecule has 1 heterocycles. The maximum Gasteiger partial charge on any atom is 0.243 e. The lowest BCUT2D eigenvalue weighted by molar-refractivity contribution is 0.471. The molecule has 1 aliphatic rings. The van der Waals surface area contributed by atoms with Gasteiger partial charge >= 0.3 is 0 Å². The third-order valence-corrected chi connectivity index (χ3v) is 5.10. The number of rotatable bonds is 3. The summed E-state index contributed by atoms with van der Waals surface area (Å²) in [6.45, 7) is 6.65. The highest BCUT2D eigenvalue weighted by Crippen LogP contribution is 2.28. The third-order valence-electron chi connectivity index (χ3n) is 3.27. The lowest BCUT2D eigenvalue weighted by Crippen LogP contribution is -2.28. The molecule has 1 aliphatic heterocycles. The smallest absolute Gasteiger partial charge is 0.207 e. The van der Waals surface area contributed by atoms with Gasteiger partial charge in [0, 0.05) is 19.0 Å². The van der Waals surface area contributed by atoms with Crippen molar-refractivity contribution in [2.45, 2.75) is 11.8 Å². The first kappa shape index (κ1) is 13.1. The standard InChI is InChI=1S/C14H17NO2S/c1-3-12-10-15(11-13(12)4-2)18(16,17)14-8-6-5-7-9-14/h3-9,12H,1,10-11H2,2H3/b13-4+/t12-/m0/s1. The number of hydrogen-bond acceptors (Lipinski definition) is 2. The molecule has 18 heavy (non-hydrogen) atoms. The van der Waals surface area contributed by atoms with Gasteiger partial charge in [-0.2, -0.15) is 4.31 Å². The Bertz CT molecular complexity index is 561. The van der Waals surface area contributed by atoms with Crippen molar-refractivity contribution in [3.05, 3.63) is 54.6 Å². The fourth-order valence-electron chi connectivity index (χ4n) is 2.18. The van der Waals surface area contributed by atoms with E-state index in [4.69, 9.17) is 0 Å². The predicted molar refractivity (Wildman–Crippen MR) is 72.6 cm³/mol. The Kier molecular flexibility index (Phi) is 3.68. The normalized spacial score (nSPS) is 23.4. The first-order valence-corrected chi connectivity index (χ1v) is 7.36. The summed E-state index contributed by atoms with van der Waals surface area (Å²) < 4.78 is 26.4. The van der Waals surface area contributed by atoms with Gasteiger partial charge in [0.1, 0.15) is 0 Å². The Morgan fingerprint density at radius 1 is 1.33 bits per heavy atom. The largest absolute Gasteiger partial charge is 0.243 e. The van der Waals surface area contributed by atoms with Gasteiger partial charge in [-0.1, -0.05) is 35.9 Å². The molecular weight excluding hydrogens is 246 g/mol. The average molecular weight is 263 g/mol. The summed E-state index contributed by atoms with van der Waals surface area (Å²) in [7, 11) is -3.38.